The molecule has 2 aromatic rings. The second-order valence-electron chi connectivity index (χ2n) is 5.48. The Morgan fingerprint density at radius 1 is 1.41 bits per heavy atom. The van der Waals surface area contributed by atoms with Crippen LogP contribution in [0.1, 0.15) is 28.0 Å². The molecule has 1 amide bonds. The molecule has 0 aliphatic carbocycles. The average molecular weight is 302 g/mol. The van der Waals surface area contributed by atoms with E-state index in [2.05, 4.69) is 24.8 Å². The van der Waals surface area contributed by atoms with Gasteiger partial charge >= 0.3 is 5.69 Å². The molecule has 3 heterocycles. The number of rotatable bonds is 2. The lowest BCUT2D eigenvalue weighted by Gasteiger charge is -2.38. The Bertz CT molecular complexity index is 723. The van der Waals surface area contributed by atoms with Crippen LogP contribution in [0.4, 0.5) is 0 Å². The van der Waals surface area contributed by atoms with Crippen LogP contribution in [-0.2, 0) is 0 Å². The molecular weight excluding hydrogens is 284 g/mol. The summed E-state index contributed by atoms with van der Waals surface area (Å²) in [6.07, 6.45) is 3.47. The SMILES string of the molecule is Cc1cc(C(=O)N2CCN(C)[C@H](c3ncc[nH]3)C2)nc(=O)[nH]1. The summed E-state index contributed by atoms with van der Waals surface area (Å²) in [6.45, 7) is 3.57. The summed E-state index contributed by atoms with van der Waals surface area (Å²) in [5.74, 6) is 0.605. The van der Waals surface area contributed by atoms with Gasteiger partial charge in [-0.1, -0.05) is 0 Å². The molecule has 0 aromatic carbocycles. The van der Waals surface area contributed by atoms with E-state index >= 15 is 0 Å². The number of amides is 1. The molecule has 1 aliphatic rings. The van der Waals surface area contributed by atoms with Crippen molar-refractivity contribution in [2.24, 2.45) is 0 Å². The molecule has 0 bridgehead atoms. The van der Waals surface area contributed by atoms with Gasteiger partial charge in [0.05, 0.1) is 6.04 Å². The quantitative estimate of drug-likeness (QED) is 0.809. The number of piperazine rings is 1. The minimum Gasteiger partial charge on any atom is -0.347 e. The lowest BCUT2D eigenvalue weighted by molar-refractivity contribution is 0.0528. The summed E-state index contributed by atoms with van der Waals surface area (Å²) in [6, 6.07) is 1.61. The van der Waals surface area contributed by atoms with Crippen LogP contribution < -0.4 is 5.69 Å². The predicted molar refractivity (Wildman–Crippen MR) is 79.5 cm³/mol. The maximum absolute atomic E-state index is 12.6. The molecule has 0 spiro atoms. The Morgan fingerprint density at radius 3 is 2.91 bits per heavy atom. The minimum absolute atomic E-state index is 0.00999. The number of nitrogens with zero attached hydrogens (tertiary/aromatic N) is 4. The molecule has 8 nitrogen and oxygen atoms in total. The van der Waals surface area contributed by atoms with Crippen molar-refractivity contribution in [3.8, 4) is 0 Å². The maximum Gasteiger partial charge on any atom is 0.345 e. The minimum atomic E-state index is -0.500. The predicted octanol–water partition coefficient (Wildman–Crippen LogP) is -0.0697. The van der Waals surface area contributed by atoms with Gasteiger partial charge in [-0.05, 0) is 20.0 Å². The van der Waals surface area contributed by atoms with E-state index in [-0.39, 0.29) is 17.6 Å². The van der Waals surface area contributed by atoms with Gasteiger partial charge < -0.3 is 14.9 Å². The third-order valence-electron chi connectivity index (χ3n) is 3.87. The molecule has 2 aromatic heterocycles. The van der Waals surface area contributed by atoms with Gasteiger partial charge in [0.25, 0.3) is 5.91 Å². The van der Waals surface area contributed by atoms with E-state index in [4.69, 9.17) is 0 Å². The van der Waals surface area contributed by atoms with Crippen LogP contribution in [-0.4, -0.2) is 62.3 Å². The van der Waals surface area contributed by atoms with E-state index in [1.54, 1.807) is 30.3 Å². The Balaban J connectivity index is 1.82. The number of hydrogen-bond acceptors (Lipinski definition) is 5. The zero-order valence-corrected chi connectivity index (χ0v) is 12.5. The highest BCUT2D eigenvalue weighted by Crippen LogP contribution is 2.21. The van der Waals surface area contributed by atoms with Crippen molar-refractivity contribution in [2.45, 2.75) is 13.0 Å². The Hall–Kier alpha value is -2.48. The molecule has 0 radical (unpaired) electrons. The molecule has 1 fully saturated rings. The first kappa shape index (κ1) is 14.5. The highest BCUT2D eigenvalue weighted by atomic mass is 16.2. The van der Waals surface area contributed by atoms with Crippen LogP contribution >= 0.6 is 0 Å². The summed E-state index contributed by atoms with van der Waals surface area (Å²) in [4.78, 5) is 41.6. The number of carbonyl (C=O) groups is 1. The molecule has 0 unspecified atom stereocenters. The van der Waals surface area contributed by atoms with Gasteiger partial charge in [-0.2, -0.15) is 4.98 Å². The average Bonchev–Trinajstić information content (AvgIpc) is 3.00. The number of nitrogens with one attached hydrogen (secondary N) is 2. The molecule has 116 valence electrons. The molecule has 8 heteroatoms. The number of H-pyrrole nitrogens is 2. The summed E-state index contributed by atoms with van der Waals surface area (Å²) < 4.78 is 0. The van der Waals surface area contributed by atoms with Crippen molar-refractivity contribution in [2.75, 3.05) is 26.7 Å². The van der Waals surface area contributed by atoms with Crippen LogP contribution in [0.2, 0.25) is 0 Å². The zero-order valence-electron chi connectivity index (χ0n) is 12.5. The fraction of sp³-hybridized carbons (Fsp3) is 0.429. The lowest BCUT2D eigenvalue weighted by atomic mass is 10.1. The first-order valence-corrected chi connectivity index (χ1v) is 7.11. The molecule has 22 heavy (non-hydrogen) atoms. The first-order chi connectivity index (χ1) is 10.5. The van der Waals surface area contributed by atoms with E-state index in [0.717, 1.165) is 12.4 Å². The number of imidazole rings is 1. The summed E-state index contributed by atoms with van der Waals surface area (Å²) in [5.41, 5.74) is 0.309. The summed E-state index contributed by atoms with van der Waals surface area (Å²) in [7, 11) is 2.00. The molecule has 0 saturated carbocycles. The number of carbonyl (C=O) groups excluding carboxylic acids is 1. The first-order valence-electron chi connectivity index (χ1n) is 7.11. The lowest BCUT2D eigenvalue weighted by Crippen LogP contribution is -2.49. The third-order valence-corrected chi connectivity index (χ3v) is 3.87. The van der Waals surface area contributed by atoms with Crippen LogP contribution in [0, 0.1) is 6.92 Å². The monoisotopic (exact) mass is 302 g/mol. The molecule has 2 N–H and O–H groups in total. The number of hydrogen-bond donors (Lipinski definition) is 2. The van der Waals surface area contributed by atoms with E-state index in [1.807, 2.05) is 7.05 Å². The summed E-state index contributed by atoms with van der Waals surface area (Å²) >= 11 is 0. The molecule has 1 atom stereocenters. The van der Waals surface area contributed by atoms with Crippen molar-refractivity contribution in [1.82, 2.24) is 29.7 Å². The number of likely N-dealkylation sites (N-methyl/N-ethyl adjacent to an activating group) is 1. The van der Waals surface area contributed by atoms with Crippen molar-refractivity contribution in [3.05, 3.63) is 46.2 Å². The standard InChI is InChI=1S/C14H18N6O2/c1-9-7-10(18-14(22)17-9)13(21)20-6-5-19(2)11(8-20)12-15-3-4-16-12/h3-4,7,11H,5-6,8H2,1-2H3,(H,15,16)(H,17,18,22)/t11-/m0/s1. The van der Waals surface area contributed by atoms with E-state index in [1.165, 1.54) is 0 Å². The highest BCUT2D eigenvalue weighted by molar-refractivity contribution is 5.92. The van der Waals surface area contributed by atoms with E-state index in [0.29, 0.717) is 18.8 Å². The van der Waals surface area contributed by atoms with Gasteiger partial charge in [0, 0.05) is 37.7 Å². The molecule has 1 saturated heterocycles. The Kier molecular flexibility index (Phi) is 3.76. The Morgan fingerprint density at radius 2 is 2.23 bits per heavy atom. The van der Waals surface area contributed by atoms with Gasteiger partial charge in [0.1, 0.15) is 11.5 Å². The smallest absolute Gasteiger partial charge is 0.345 e. The topological polar surface area (TPSA) is 98.0 Å². The fourth-order valence-corrected chi connectivity index (χ4v) is 2.66. The van der Waals surface area contributed by atoms with Gasteiger partial charge in [-0.15, -0.1) is 0 Å². The van der Waals surface area contributed by atoms with Crippen LogP contribution in [0.5, 0.6) is 0 Å². The van der Waals surface area contributed by atoms with Crippen molar-refractivity contribution in [3.63, 3.8) is 0 Å². The van der Waals surface area contributed by atoms with Gasteiger partial charge in [-0.25, -0.2) is 9.78 Å². The molecular formula is C14H18N6O2. The van der Waals surface area contributed by atoms with Crippen molar-refractivity contribution < 1.29 is 4.79 Å². The maximum atomic E-state index is 12.6. The second kappa shape index (κ2) is 5.72. The number of aromatic nitrogens is 4. The molecule has 3 rings (SSSR count). The van der Waals surface area contributed by atoms with Crippen LogP contribution in [0.15, 0.2) is 23.3 Å². The fourth-order valence-electron chi connectivity index (χ4n) is 2.66. The Labute approximate surface area is 127 Å². The van der Waals surface area contributed by atoms with Gasteiger partial charge in [-0.3, -0.25) is 9.69 Å². The summed E-state index contributed by atoms with van der Waals surface area (Å²) in [5, 5.41) is 0. The zero-order chi connectivity index (χ0) is 15.7. The molecule has 1 aliphatic heterocycles. The highest BCUT2D eigenvalue weighted by Gasteiger charge is 2.30. The third kappa shape index (κ3) is 2.77. The van der Waals surface area contributed by atoms with E-state index in [9.17, 15) is 9.59 Å². The number of aryl methyl sites for hydroxylation is 1. The van der Waals surface area contributed by atoms with Crippen LogP contribution in [0.25, 0.3) is 0 Å². The largest absolute Gasteiger partial charge is 0.347 e. The van der Waals surface area contributed by atoms with Gasteiger partial charge in [0.2, 0.25) is 0 Å². The van der Waals surface area contributed by atoms with E-state index < -0.39 is 5.69 Å². The van der Waals surface area contributed by atoms with Crippen molar-refractivity contribution in [1.29, 1.82) is 0 Å². The normalized spacial score (nSPS) is 19.4. The second-order valence-corrected chi connectivity index (χ2v) is 5.48. The van der Waals surface area contributed by atoms with Gasteiger partial charge in [0.15, 0.2) is 0 Å². The van der Waals surface area contributed by atoms with Crippen molar-refractivity contribution >= 4 is 5.91 Å². The number of aromatic amines is 2. The van der Waals surface area contributed by atoms with Crippen LogP contribution in [0.3, 0.4) is 0 Å².